The van der Waals surface area contributed by atoms with E-state index in [2.05, 4.69) is 15.6 Å². The van der Waals surface area contributed by atoms with Crippen LogP contribution in [0.2, 0.25) is 0 Å². The first kappa shape index (κ1) is 27.4. The Labute approximate surface area is 234 Å². The molecule has 41 heavy (non-hydrogen) atoms. The van der Waals surface area contributed by atoms with Crippen LogP contribution >= 0.6 is 0 Å². The summed E-state index contributed by atoms with van der Waals surface area (Å²) in [7, 11) is 1.70. The van der Waals surface area contributed by atoms with Crippen molar-refractivity contribution in [2.75, 3.05) is 5.32 Å². The summed E-state index contributed by atoms with van der Waals surface area (Å²) >= 11 is 0. The second-order valence-corrected chi connectivity index (χ2v) is 9.39. The van der Waals surface area contributed by atoms with E-state index in [0.29, 0.717) is 29.1 Å². The van der Waals surface area contributed by atoms with Crippen LogP contribution in [0.15, 0.2) is 109 Å². The van der Waals surface area contributed by atoms with E-state index in [-0.39, 0.29) is 11.5 Å². The van der Waals surface area contributed by atoms with Gasteiger partial charge in [-0.05, 0) is 53.1 Å². The minimum atomic E-state index is -4.45. The highest BCUT2D eigenvalue weighted by molar-refractivity contribution is 6.09. The summed E-state index contributed by atoms with van der Waals surface area (Å²) in [5, 5.41) is 5.68. The Kier molecular flexibility index (Phi) is 7.69. The predicted molar refractivity (Wildman–Crippen MR) is 151 cm³/mol. The van der Waals surface area contributed by atoms with E-state index in [0.717, 1.165) is 29.0 Å². The van der Waals surface area contributed by atoms with Crippen molar-refractivity contribution in [2.24, 2.45) is 7.05 Å². The minimum absolute atomic E-state index is 0.288. The van der Waals surface area contributed by atoms with Crippen LogP contribution < -0.4 is 10.6 Å². The Morgan fingerprint density at radius 2 is 1.51 bits per heavy atom. The molecule has 3 aromatic carbocycles. The molecule has 0 radical (unpaired) electrons. The lowest BCUT2D eigenvalue weighted by Gasteiger charge is -2.11. The van der Waals surface area contributed by atoms with E-state index in [1.807, 2.05) is 42.5 Å². The Balaban J connectivity index is 1.25. The fourth-order valence-corrected chi connectivity index (χ4v) is 4.43. The summed E-state index contributed by atoms with van der Waals surface area (Å²) in [4.78, 5) is 30.4. The number of halogens is 3. The second kappa shape index (κ2) is 11.5. The number of carbonyl (C=O) groups excluding carboxylic acids is 2. The van der Waals surface area contributed by atoms with Gasteiger partial charge in [0.15, 0.2) is 0 Å². The van der Waals surface area contributed by atoms with Gasteiger partial charge in [-0.15, -0.1) is 0 Å². The molecule has 0 atom stereocenters. The van der Waals surface area contributed by atoms with Crippen molar-refractivity contribution in [3.8, 4) is 22.4 Å². The van der Waals surface area contributed by atoms with Gasteiger partial charge in [0.05, 0.1) is 16.9 Å². The smallest absolute Gasteiger partial charge is 0.347 e. The molecule has 0 unspecified atom stereocenters. The standard InChI is InChI=1S/C32H25F3N4O2/c1-39-20-25(18-29(39)31(41)37-19-21-9-11-23(12-10-21)28-8-4-5-17-36-28)38-30(40)27-7-3-2-6-26(27)22-13-15-24(16-14-22)32(33,34)35/h2-18,20H,19H2,1H3,(H,37,41)(H,38,40). The molecule has 0 saturated heterocycles. The number of alkyl halides is 3. The summed E-state index contributed by atoms with van der Waals surface area (Å²) < 4.78 is 40.5. The number of benzene rings is 3. The number of amides is 2. The summed E-state index contributed by atoms with van der Waals surface area (Å²) in [5.74, 6) is -0.766. The first-order valence-corrected chi connectivity index (χ1v) is 12.7. The zero-order chi connectivity index (χ0) is 29.0. The van der Waals surface area contributed by atoms with Crippen molar-refractivity contribution in [2.45, 2.75) is 12.7 Å². The molecular weight excluding hydrogens is 529 g/mol. The molecule has 5 rings (SSSR count). The van der Waals surface area contributed by atoms with Gasteiger partial charge in [-0.3, -0.25) is 14.6 Å². The van der Waals surface area contributed by atoms with Crippen LogP contribution in [0, 0.1) is 0 Å². The largest absolute Gasteiger partial charge is 0.416 e. The molecule has 0 spiro atoms. The number of nitrogens with one attached hydrogen (secondary N) is 2. The average Bonchev–Trinajstić information content (AvgIpc) is 3.35. The van der Waals surface area contributed by atoms with Crippen LogP contribution in [-0.2, 0) is 19.8 Å². The van der Waals surface area contributed by atoms with Crippen molar-refractivity contribution in [1.82, 2.24) is 14.9 Å². The monoisotopic (exact) mass is 554 g/mol. The lowest BCUT2D eigenvalue weighted by atomic mass is 9.98. The van der Waals surface area contributed by atoms with Gasteiger partial charge in [0, 0.05) is 37.1 Å². The van der Waals surface area contributed by atoms with Gasteiger partial charge in [-0.2, -0.15) is 13.2 Å². The molecule has 0 aliphatic rings. The van der Waals surface area contributed by atoms with E-state index in [1.54, 1.807) is 54.3 Å². The second-order valence-electron chi connectivity index (χ2n) is 9.39. The maximum absolute atomic E-state index is 13.2. The third-order valence-electron chi connectivity index (χ3n) is 6.56. The quantitative estimate of drug-likeness (QED) is 0.229. The van der Waals surface area contributed by atoms with Crippen molar-refractivity contribution < 1.29 is 22.8 Å². The molecule has 2 N–H and O–H groups in total. The van der Waals surface area contributed by atoms with Crippen molar-refractivity contribution in [3.63, 3.8) is 0 Å². The number of hydrogen-bond donors (Lipinski definition) is 2. The first-order valence-electron chi connectivity index (χ1n) is 12.7. The van der Waals surface area contributed by atoms with Crippen molar-refractivity contribution >= 4 is 17.5 Å². The van der Waals surface area contributed by atoms with Gasteiger partial charge in [-0.1, -0.05) is 60.7 Å². The molecule has 0 aliphatic carbocycles. The third kappa shape index (κ3) is 6.36. The van der Waals surface area contributed by atoms with Crippen LogP contribution in [0.25, 0.3) is 22.4 Å². The summed E-state index contributed by atoms with van der Waals surface area (Å²) in [6.45, 7) is 0.314. The zero-order valence-corrected chi connectivity index (χ0v) is 21.9. The number of aryl methyl sites for hydroxylation is 1. The molecule has 5 aromatic rings. The number of nitrogens with zero attached hydrogens (tertiary/aromatic N) is 2. The molecule has 0 fully saturated rings. The van der Waals surface area contributed by atoms with Gasteiger partial charge in [0.1, 0.15) is 5.69 Å². The number of hydrogen-bond acceptors (Lipinski definition) is 3. The highest BCUT2D eigenvalue weighted by atomic mass is 19.4. The topological polar surface area (TPSA) is 76.0 Å². The molecule has 0 aliphatic heterocycles. The minimum Gasteiger partial charge on any atom is -0.347 e. The molecule has 206 valence electrons. The van der Waals surface area contributed by atoms with Gasteiger partial charge in [-0.25, -0.2) is 0 Å². The molecule has 2 amide bonds. The summed E-state index contributed by atoms with van der Waals surface area (Å²) in [6, 6.07) is 26.3. The fraction of sp³-hybridized carbons (Fsp3) is 0.0938. The maximum atomic E-state index is 13.2. The number of carbonyl (C=O) groups is 2. The van der Waals surface area contributed by atoms with Crippen LogP contribution in [-0.4, -0.2) is 21.4 Å². The Bertz CT molecular complexity index is 1680. The fourth-order valence-electron chi connectivity index (χ4n) is 4.43. The Morgan fingerprint density at radius 1 is 0.829 bits per heavy atom. The van der Waals surface area contributed by atoms with Gasteiger partial charge >= 0.3 is 6.18 Å². The van der Waals surface area contributed by atoms with E-state index in [1.165, 1.54) is 12.1 Å². The van der Waals surface area contributed by atoms with Gasteiger partial charge in [0.25, 0.3) is 11.8 Å². The number of aromatic nitrogens is 2. The third-order valence-corrected chi connectivity index (χ3v) is 6.56. The van der Waals surface area contributed by atoms with Crippen molar-refractivity contribution in [3.05, 3.63) is 132 Å². The van der Waals surface area contributed by atoms with E-state index in [9.17, 15) is 22.8 Å². The van der Waals surface area contributed by atoms with Gasteiger partial charge in [0.2, 0.25) is 0 Å². The predicted octanol–water partition coefficient (Wildman–Crippen LogP) is 6.96. The number of rotatable bonds is 7. The normalized spacial score (nSPS) is 11.2. The molecule has 9 heteroatoms. The summed E-state index contributed by atoms with van der Waals surface area (Å²) in [6.07, 6.45) is -1.09. The number of anilines is 1. The molecule has 2 aromatic heterocycles. The van der Waals surface area contributed by atoms with E-state index >= 15 is 0 Å². The zero-order valence-electron chi connectivity index (χ0n) is 21.9. The molecule has 0 bridgehead atoms. The van der Waals surface area contributed by atoms with E-state index in [4.69, 9.17) is 0 Å². The number of pyridine rings is 1. The highest BCUT2D eigenvalue weighted by Crippen LogP contribution is 2.32. The average molecular weight is 555 g/mol. The lowest BCUT2D eigenvalue weighted by molar-refractivity contribution is -0.137. The molecule has 2 heterocycles. The Hall–Kier alpha value is -5.18. The SMILES string of the molecule is Cn1cc(NC(=O)c2ccccc2-c2ccc(C(F)(F)F)cc2)cc1C(=O)NCc1ccc(-c2ccccn2)cc1. The van der Waals surface area contributed by atoms with Crippen molar-refractivity contribution in [1.29, 1.82) is 0 Å². The van der Waals surface area contributed by atoms with Crippen LogP contribution in [0.3, 0.4) is 0 Å². The first-order chi connectivity index (χ1) is 19.7. The maximum Gasteiger partial charge on any atom is 0.416 e. The lowest BCUT2D eigenvalue weighted by Crippen LogP contribution is -2.24. The Morgan fingerprint density at radius 3 is 2.20 bits per heavy atom. The van der Waals surface area contributed by atoms with Gasteiger partial charge < -0.3 is 15.2 Å². The molecule has 0 saturated carbocycles. The molecular formula is C32H25F3N4O2. The van der Waals surface area contributed by atoms with E-state index < -0.39 is 17.6 Å². The molecule has 6 nitrogen and oxygen atoms in total. The highest BCUT2D eigenvalue weighted by Gasteiger charge is 2.30. The van der Waals surface area contributed by atoms with Crippen LogP contribution in [0.5, 0.6) is 0 Å². The summed E-state index contributed by atoms with van der Waals surface area (Å²) in [5.41, 5.74) is 4.00. The van der Waals surface area contributed by atoms with Crippen LogP contribution in [0.1, 0.15) is 32.0 Å². The van der Waals surface area contributed by atoms with Crippen LogP contribution in [0.4, 0.5) is 18.9 Å².